The van der Waals surface area contributed by atoms with E-state index in [1.54, 1.807) is 6.07 Å². The average Bonchev–Trinajstić information content (AvgIpc) is 3.43. The molecule has 3 atom stereocenters. The highest BCUT2D eigenvalue weighted by Crippen LogP contribution is 2.52. The molecule has 0 aromatic heterocycles. The largest absolute Gasteiger partial charge is 0.482 e. The molecule has 1 aliphatic heterocycles. The number of unbranched alkanes of at least 4 members (excludes halogenated alkanes) is 1. The summed E-state index contributed by atoms with van der Waals surface area (Å²) in [7, 11) is 1.47. The minimum absolute atomic E-state index is 0.00223. The number of hydrogen-bond donors (Lipinski definition) is 3. The van der Waals surface area contributed by atoms with Crippen molar-refractivity contribution in [3.8, 4) is 16.9 Å². The molecular weight excluding hydrogens is 508 g/mol. The summed E-state index contributed by atoms with van der Waals surface area (Å²) >= 11 is 6.61. The van der Waals surface area contributed by atoms with Crippen LogP contribution in [0.2, 0.25) is 5.02 Å². The molecule has 5 rings (SSSR count). The second kappa shape index (κ2) is 10.3. The van der Waals surface area contributed by atoms with Crippen molar-refractivity contribution in [1.82, 2.24) is 5.32 Å². The van der Waals surface area contributed by atoms with Gasteiger partial charge in [-0.1, -0.05) is 48.9 Å². The van der Waals surface area contributed by atoms with Gasteiger partial charge in [0.2, 0.25) is 0 Å². The Morgan fingerprint density at radius 3 is 2.58 bits per heavy atom. The monoisotopic (exact) mass is 539 g/mol. The van der Waals surface area contributed by atoms with Gasteiger partial charge in [-0.2, -0.15) is 0 Å². The molecule has 1 aliphatic carbocycles. The van der Waals surface area contributed by atoms with Gasteiger partial charge in [-0.25, -0.2) is 8.78 Å². The molecule has 5 nitrogen and oxygen atoms in total. The molecule has 1 heterocycles. The Balaban J connectivity index is 1.74. The molecular formula is C30H32ClF2N3O2. The zero-order valence-corrected chi connectivity index (χ0v) is 22.3. The zero-order chi connectivity index (χ0) is 27.2. The number of nitrogens with one attached hydrogen (secondary N) is 1. The number of benzene rings is 3. The first kappa shape index (κ1) is 26.6. The molecule has 0 fully saturated rings. The van der Waals surface area contributed by atoms with Crippen LogP contribution in [0, 0.1) is 17.6 Å². The van der Waals surface area contributed by atoms with Gasteiger partial charge in [-0.15, -0.1) is 0 Å². The predicted molar refractivity (Wildman–Crippen MR) is 145 cm³/mol. The Kier molecular flexibility index (Phi) is 7.20. The van der Waals surface area contributed by atoms with E-state index in [-0.39, 0.29) is 27.6 Å². The number of nitrogens with two attached hydrogens (primary N) is 2. The standard InChI is InChI=1S/C30H32ClF2N3O2/c1-16-12-18-19(28(16)35)13-20(29(37)36-2)25(27(18)33)24-21-15-30(10-6-7-11-34,17-8-4-3-5-9-17)38-23(21)14-22(32)26(24)31/h3-5,8-9,13-14,16,28H,6-7,10-12,15,34-35H2,1-2H3,(H,36,37). The molecule has 0 bridgehead atoms. The van der Waals surface area contributed by atoms with Crippen molar-refractivity contribution >= 4 is 17.5 Å². The minimum atomic E-state index is -0.804. The van der Waals surface area contributed by atoms with Crippen LogP contribution in [-0.4, -0.2) is 19.5 Å². The highest BCUT2D eigenvalue weighted by Gasteiger charge is 2.44. The van der Waals surface area contributed by atoms with E-state index in [2.05, 4.69) is 5.32 Å². The fourth-order valence-corrected chi connectivity index (χ4v) is 6.23. The zero-order valence-electron chi connectivity index (χ0n) is 21.5. The van der Waals surface area contributed by atoms with Gasteiger partial charge in [-0.3, -0.25) is 4.79 Å². The molecule has 5 N–H and O–H groups in total. The molecule has 3 aromatic rings. The molecule has 3 unspecified atom stereocenters. The molecule has 2 aliphatic rings. The van der Waals surface area contributed by atoms with E-state index >= 15 is 8.78 Å². The highest BCUT2D eigenvalue weighted by atomic mass is 35.5. The van der Waals surface area contributed by atoms with Crippen LogP contribution in [0.3, 0.4) is 0 Å². The number of carbonyl (C=O) groups is 1. The molecule has 38 heavy (non-hydrogen) atoms. The van der Waals surface area contributed by atoms with Gasteiger partial charge in [0.05, 0.1) is 10.6 Å². The van der Waals surface area contributed by atoms with Crippen LogP contribution in [0.15, 0.2) is 42.5 Å². The number of rotatable bonds is 7. The Morgan fingerprint density at radius 1 is 1.16 bits per heavy atom. The van der Waals surface area contributed by atoms with Gasteiger partial charge in [0.1, 0.15) is 23.0 Å². The molecule has 1 amide bonds. The van der Waals surface area contributed by atoms with Crippen molar-refractivity contribution in [2.75, 3.05) is 13.6 Å². The van der Waals surface area contributed by atoms with Gasteiger partial charge >= 0.3 is 0 Å². The van der Waals surface area contributed by atoms with Crippen molar-refractivity contribution in [3.05, 3.63) is 86.9 Å². The first-order valence-corrected chi connectivity index (χ1v) is 13.4. The van der Waals surface area contributed by atoms with Crippen LogP contribution in [0.25, 0.3) is 11.1 Å². The molecule has 0 spiro atoms. The summed E-state index contributed by atoms with van der Waals surface area (Å²) < 4.78 is 38.3. The Labute approximate surface area is 226 Å². The topological polar surface area (TPSA) is 90.4 Å². The number of hydrogen-bond acceptors (Lipinski definition) is 4. The van der Waals surface area contributed by atoms with Crippen molar-refractivity contribution < 1.29 is 18.3 Å². The first-order valence-electron chi connectivity index (χ1n) is 13.0. The second-order valence-electron chi connectivity index (χ2n) is 10.4. The second-order valence-corrected chi connectivity index (χ2v) is 10.8. The lowest BCUT2D eigenvalue weighted by Gasteiger charge is -2.29. The number of amides is 1. The summed E-state index contributed by atoms with van der Waals surface area (Å²) in [6.07, 6.45) is 2.98. The lowest BCUT2D eigenvalue weighted by Crippen LogP contribution is -2.31. The number of ether oxygens (including phenoxy) is 1. The van der Waals surface area contributed by atoms with E-state index in [9.17, 15) is 4.79 Å². The summed E-state index contributed by atoms with van der Waals surface area (Å²) in [6, 6.07) is 12.2. The van der Waals surface area contributed by atoms with Crippen LogP contribution in [-0.2, 0) is 18.4 Å². The van der Waals surface area contributed by atoms with E-state index in [1.165, 1.54) is 13.1 Å². The SMILES string of the molecule is CNC(=O)c1cc2c(c(F)c1-c1c(Cl)c(F)cc3c1CC(CCCCN)(c1ccccc1)O3)CC(C)C2N. The van der Waals surface area contributed by atoms with Crippen LogP contribution in [0.1, 0.15) is 64.8 Å². The van der Waals surface area contributed by atoms with Gasteiger partial charge in [-0.05, 0) is 60.9 Å². The summed E-state index contributed by atoms with van der Waals surface area (Å²) in [5, 5.41) is 2.35. The maximum Gasteiger partial charge on any atom is 0.251 e. The van der Waals surface area contributed by atoms with Crippen molar-refractivity contribution in [3.63, 3.8) is 0 Å². The quantitative estimate of drug-likeness (QED) is 0.331. The third-order valence-electron chi connectivity index (χ3n) is 8.01. The van der Waals surface area contributed by atoms with Crippen molar-refractivity contribution in [2.24, 2.45) is 17.4 Å². The summed E-state index contributed by atoms with van der Waals surface area (Å²) in [5.41, 5.74) is 14.1. The fourth-order valence-electron chi connectivity index (χ4n) is 5.97. The van der Waals surface area contributed by atoms with Gasteiger partial charge in [0, 0.05) is 42.3 Å². The lowest BCUT2D eigenvalue weighted by atomic mass is 9.82. The number of carbonyl (C=O) groups excluding carboxylic acids is 1. The number of halogens is 3. The molecule has 0 saturated heterocycles. The van der Waals surface area contributed by atoms with Gasteiger partial charge < -0.3 is 21.5 Å². The Hall–Kier alpha value is -3.00. The number of fused-ring (bicyclic) bond motifs is 2. The summed E-state index contributed by atoms with van der Waals surface area (Å²) in [5.74, 6) is -1.53. The smallest absolute Gasteiger partial charge is 0.251 e. The first-order chi connectivity index (χ1) is 18.2. The van der Waals surface area contributed by atoms with E-state index in [0.29, 0.717) is 48.2 Å². The fraction of sp³-hybridized carbons (Fsp3) is 0.367. The Bertz CT molecular complexity index is 1400. The maximum atomic E-state index is 16.4. The predicted octanol–water partition coefficient (Wildman–Crippen LogP) is 5.80. The highest BCUT2D eigenvalue weighted by molar-refractivity contribution is 6.34. The summed E-state index contributed by atoms with van der Waals surface area (Å²) in [6.45, 7) is 2.49. The van der Waals surface area contributed by atoms with Crippen LogP contribution < -0.4 is 21.5 Å². The van der Waals surface area contributed by atoms with Crippen LogP contribution in [0.5, 0.6) is 5.75 Å². The molecule has 3 aromatic carbocycles. The Morgan fingerprint density at radius 2 is 1.89 bits per heavy atom. The van der Waals surface area contributed by atoms with E-state index in [0.717, 1.165) is 18.4 Å². The van der Waals surface area contributed by atoms with E-state index in [4.69, 9.17) is 27.8 Å². The lowest BCUT2D eigenvalue weighted by molar-refractivity contribution is 0.0793. The van der Waals surface area contributed by atoms with Crippen molar-refractivity contribution in [1.29, 1.82) is 0 Å². The van der Waals surface area contributed by atoms with Crippen molar-refractivity contribution in [2.45, 2.75) is 50.7 Å². The van der Waals surface area contributed by atoms with Gasteiger partial charge in [0.25, 0.3) is 5.91 Å². The molecule has 0 saturated carbocycles. The third-order valence-corrected chi connectivity index (χ3v) is 8.38. The molecule has 8 heteroatoms. The molecule has 0 radical (unpaired) electrons. The van der Waals surface area contributed by atoms with E-state index < -0.39 is 29.2 Å². The average molecular weight is 540 g/mol. The summed E-state index contributed by atoms with van der Waals surface area (Å²) in [4.78, 5) is 13.1. The van der Waals surface area contributed by atoms with Crippen LogP contribution >= 0.6 is 11.6 Å². The van der Waals surface area contributed by atoms with Crippen LogP contribution in [0.4, 0.5) is 8.78 Å². The normalized spacial score (nSPS) is 21.7. The third kappa shape index (κ3) is 4.27. The minimum Gasteiger partial charge on any atom is -0.482 e. The molecule has 200 valence electrons. The maximum absolute atomic E-state index is 16.4. The van der Waals surface area contributed by atoms with E-state index in [1.807, 2.05) is 37.3 Å². The van der Waals surface area contributed by atoms with Gasteiger partial charge in [0.15, 0.2) is 0 Å².